The summed E-state index contributed by atoms with van der Waals surface area (Å²) in [5.74, 6) is -2.50. The number of phosphoric acid groups is 2. The fourth-order valence-electron chi connectivity index (χ4n) is 3.35. The van der Waals surface area contributed by atoms with Gasteiger partial charge < -0.3 is 33.8 Å². The standard InChI is InChI=1S/C27H50O17P2/c1-5-8-9-10-11-14-26(31)38-18-24(44-27(32)13-7-3)20-42-46(35,36)40-16-22(29)15-39-45(33,34)41-19-23(43-21(4)28)17-37-25(30)12-6-2/h22-24,29H,5-20H2,1-4H3,(H,33,34)(H,35,36)/t22-,23-,24-/m1/s1. The monoisotopic (exact) mass is 708 g/mol. The predicted octanol–water partition coefficient (Wildman–Crippen LogP) is 3.51. The maximum absolute atomic E-state index is 12.3. The summed E-state index contributed by atoms with van der Waals surface area (Å²) in [4.78, 5) is 66.7. The third kappa shape index (κ3) is 25.2. The number of carbonyl (C=O) groups is 4. The first kappa shape index (κ1) is 44.1. The van der Waals surface area contributed by atoms with E-state index in [1.165, 1.54) is 0 Å². The Kier molecular flexibility index (Phi) is 24.1. The van der Waals surface area contributed by atoms with Crippen LogP contribution in [0.25, 0.3) is 0 Å². The predicted molar refractivity (Wildman–Crippen MR) is 160 cm³/mol. The van der Waals surface area contributed by atoms with Crippen molar-refractivity contribution in [1.29, 1.82) is 0 Å². The molecule has 0 saturated carbocycles. The first-order valence-electron chi connectivity index (χ1n) is 15.2. The van der Waals surface area contributed by atoms with Gasteiger partial charge in [-0.25, -0.2) is 9.13 Å². The molecule has 0 aromatic heterocycles. The van der Waals surface area contributed by atoms with Crippen molar-refractivity contribution in [2.45, 2.75) is 110 Å². The summed E-state index contributed by atoms with van der Waals surface area (Å²) in [5, 5.41) is 10.0. The van der Waals surface area contributed by atoms with Crippen molar-refractivity contribution in [3.63, 3.8) is 0 Å². The van der Waals surface area contributed by atoms with Gasteiger partial charge in [-0.05, 0) is 19.3 Å². The summed E-state index contributed by atoms with van der Waals surface area (Å²) in [5.41, 5.74) is 0. The molecule has 3 N–H and O–H groups in total. The van der Waals surface area contributed by atoms with Gasteiger partial charge in [-0.2, -0.15) is 0 Å². The number of carbonyl (C=O) groups excluding carboxylic acids is 4. The van der Waals surface area contributed by atoms with Gasteiger partial charge in [-0.15, -0.1) is 0 Å². The molecule has 0 amide bonds. The Balaban J connectivity index is 4.77. The molecule has 0 aromatic rings. The SMILES string of the molecule is CCCCCCCC(=O)OC[C@H](COP(=O)(O)OC[C@H](O)COP(=O)(O)OC[C@@H](COC(=O)CCC)OC(C)=O)OC(=O)CCC. The van der Waals surface area contributed by atoms with Crippen LogP contribution in [0.3, 0.4) is 0 Å². The van der Waals surface area contributed by atoms with Crippen LogP contribution in [0.15, 0.2) is 0 Å². The van der Waals surface area contributed by atoms with Gasteiger partial charge in [0.15, 0.2) is 12.2 Å². The van der Waals surface area contributed by atoms with Crippen molar-refractivity contribution in [3.8, 4) is 0 Å². The summed E-state index contributed by atoms with van der Waals surface area (Å²) in [6.45, 7) is 2.59. The van der Waals surface area contributed by atoms with E-state index in [4.69, 9.17) is 28.0 Å². The van der Waals surface area contributed by atoms with E-state index in [1.54, 1.807) is 13.8 Å². The first-order chi connectivity index (χ1) is 21.6. The molecule has 0 spiro atoms. The largest absolute Gasteiger partial charge is 0.472 e. The van der Waals surface area contributed by atoms with Crippen LogP contribution < -0.4 is 0 Å². The van der Waals surface area contributed by atoms with E-state index in [0.717, 1.165) is 32.6 Å². The third-order valence-corrected chi connectivity index (χ3v) is 7.49. The van der Waals surface area contributed by atoms with E-state index in [1.807, 2.05) is 0 Å². The highest BCUT2D eigenvalue weighted by molar-refractivity contribution is 7.47. The molecule has 270 valence electrons. The molecule has 0 radical (unpaired) electrons. The quantitative estimate of drug-likeness (QED) is 0.0456. The number of ether oxygens (including phenoxy) is 4. The minimum absolute atomic E-state index is 0.0522. The molecule has 0 aliphatic carbocycles. The van der Waals surface area contributed by atoms with Gasteiger partial charge in [-0.3, -0.25) is 37.3 Å². The van der Waals surface area contributed by atoms with Gasteiger partial charge >= 0.3 is 39.5 Å². The molecule has 0 saturated heterocycles. The first-order valence-corrected chi connectivity index (χ1v) is 18.2. The fraction of sp³-hybridized carbons (Fsp3) is 0.852. The Morgan fingerprint density at radius 2 is 1.00 bits per heavy atom. The Bertz CT molecular complexity index is 991. The lowest BCUT2D eigenvalue weighted by Gasteiger charge is -2.21. The molecular weight excluding hydrogens is 658 g/mol. The minimum Gasteiger partial charge on any atom is -0.462 e. The lowest BCUT2D eigenvalue weighted by atomic mass is 10.1. The van der Waals surface area contributed by atoms with E-state index in [9.17, 15) is 43.2 Å². The van der Waals surface area contributed by atoms with E-state index < -0.39 is 97.5 Å². The van der Waals surface area contributed by atoms with Crippen LogP contribution in [0.5, 0.6) is 0 Å². The average Bonchev–Trinajstić information content (AvgIpc) is 2.98. The van der Waals surface area contributed by atoms with Gasteiger partial charge in [0.05, 0.1) is 26.4 Å². The van der Waals surface area contributed by atoms with Crippen molar-refractivity contribution >= 4 is 39.5 Å². The van der Waals surface area contributed by atoms with Gasteiger partial charge in [0.1, 0.15) is 19.3 Å². The van der Waals surface area contributed by atoms with Crippen LogP contribution in [-0.4, -0.2) is 96.7 Å². The van der Waals surface area contributed by atoms with Crippen LogP contribution in [0.4, 0.5) is 0 Å². The van der Waals surface area contributed by atoms with Crippen LogP contribution in [0.1, 0.15) is 91.9 Å². The number of esters is 4. The number of aliphatic hydroxyl groups excluding tert-OH is 1. The summed E-state index contributed by atoms with van der Waals surface area (Å²) < 4.78 is 63.5. The molecule has 2 unspecified atom stereocenters. The highest BCUT2D eigenvalue weighted by Crippen LogP contribution is 2.45. The average molecular weight is 709 g/mol. The fourth-order valence-corrected chi connectivity index (χ4v) is 4.93. The zero-order valence-corrected chi connectivity index (χ0v) is 28.8. The maximum atomic E-state index is 12.3. The summed E-state index contributed by atoms with van der Waals surface area (Å²) in [6.07, 6.45) is 1.75. The Morgan fingerprint density at radius 1 is 0.565 bits per heavy atom. The highest BCUT2D eigenvalue weighted by Gasteiger charge is 2.30. The van der Waals surface area contributed by atoms with E-state index >= 15 is 0 Å². The number of hydrogen-bond donors (Lipinski definition) is 3. The molecular formula is C27H50O17P2. The van der Waals surface area contributed by atoms with E-state index in [-0.39, 0.29) is 19.3 Å². The molecule has 0 aliphatic rings. The molecule has 0 fully saturated rings. The zero-order valence-electron chi connectivity index (χ0n) is 27.0. The lowest BCUT2D eigenvalue weighted by molar-refractivity contribution is -0.161. The topological polar surface area (TPSA) is 237 Å². The van der Waals surface area contributed by atoms with Crippen molar-refractivity contribution < 1.29 is 80.2 Å². The van der Waals surface area contributed by atoms with E-state index in [0.29, 0.717) is 19.3 Å². The van der Waals surface area contributed by atoms with Crippen LogP contribution in [-0.2, 0) is 65.4 Å². The van der Waals surface area contributed by atoms with Gasteiger partial charge in [0.2, 0.25) is 0 Å². The Morgan fingerprint density at radius 3 is 1.48 bits per heavy atom. The molecule has 0 rings (SSSR count). The van der Waals surface area contributed by atoms with Crippen molar-refractivity contribution in [3.05, 3.63) is 0 Å². The second-order valence-corrected chi connectivity index (χ2v) is 13.1. The summed E-state index contributed by atoms with van der Waals surface area (Å²) >= 11 is 0. The molecule has 0 heterocycles. The van der Waals surface area contributed by atoms with Crippen molar-refractivity contribution in [1.82, 2.24) is 0 Å². The molecule has 19 heteroatoms. The molecule has 0 bridgehead atoms. The second kappa shape index (κ2) is 25.1. The summed E-state index contributed by atoms with van der Waals surface area (Å²) in [6, 6.07) is 0. The number of unbranched alkanes of at least 4 members (excludes halogenated alkanes) is 4. The van der Waals surface area contributed by atoms with Crippen LogP contribution in [0, 0.1) is 0 Å². The molecule has 0 aromatic carbocycles. The van der Waals surface area contributed by atoms with Gasteiger partial charge in [0, 0.05) is 26.2 Å². The highest BCUT2D eigenvalue weighted by atomic mass is 31.2. The normalized spacial score (nSPS) is 15.9. The molecule has 46 heavy (non-hydrogen) atoms. The Hall–Kier alpha value is -1.94. The van der Waals surface area contributed by atoms with Crippen molar-refractivity contribution in [2.24, 2.45) is 0 Å². The maximum Gasteiger partial charge on any atom is 0.472 e. The number of phosphoric ester groups is 2. The van der Waals surface area contributed by atoms with Gasteiger partial charge in [0.25, 0.3) is 0 Å². The minimum atomic E-state index is -4.86. The second-order valence-electron chi connectivity index (χ2n) is 10.1. The summed E-state index contributed by atoms with van der Waals surface area (Å²) in [7, 11) is -9.70. The zero-order chi connectivity index (χ0) is 35.0. The smallest absolute Gasteiger partial charge is 0.462 e. The lowest BCUT2D eigenvalue weighted by Crippen LogP contribution is -2.30. The number of rotatable bonds is 28. The van der Waals surface area contributed by atoms with Crippen molar-refractivity contribution in [2.75, 3.05) is 39.6 Å². The number of hydrogen-bond acceptors (Lipinski definition) is 15. The van der Waals surface area contributed by atoms with E-state index in [2.05, 4.69) is 16.0 Å². The van der Waals surface area contributed by atoms with Crippen LogP contribution >= 0.6 is 15.6 Å². The third-order valence-electron chi connectivity index (χ3n) is 5.59. The Labute approximate surface area is 269 Å². The van der Waals surface area contributed by atoms with Gasteiger partial charge in [-0.1, -0.05) is 46.5 Å². The number of aliphatic hydroxyl groups is 1. The molecule has 17 nitrogen and oxygen atoms in total. The molecule has 5 atom stereocenters. The van der Waals surface area contributed by atoms with Crippen LogP contribution in [0.2, 0.25) is 0 Å². The molecule has 0 aliphatic heterocycles.